The highest BCUT2D eigenvalue weighted by Gasteiger charge is 2.33. The van der Waals surface area contributed by atoms with Crippen molar-refractivity contribution >= 4 is 23.4 Å². The van der Waals surface area contributed by atoms with Crippen LogP contribution in [0.15, 0.2) is 42.5 Å². The number of para-hydroxylation sites is 1. The van der Waals surface area contributed by atoms with Crippen LogP contribution in [-0.2, 0) is 16.7 Å². The van der Waals surface area contributed by atoms with E-state index in [1.165, 1.54) is 43.5 Å². The van der Waals surface area contributed by atoms with Crippen molar-refractivity contribution in [1.82, 2.24) is 0 Å². The molecule has 0 saturated carbocycles. The van der Waals surface area contributed by atoms with E-state index >= 15 is 0 Å². The Morgan fingerprint density at radius 3 is 2.60 bits per heavy atom. The maximum Gasteiger partial charge on any atom is 0.418 e. The Hall–Kier alpha value is -2.22. The number of nitrogens with one attached hydrogen (secondary N) is 1. The smallest absolute Gasteiger partial charge is 0.418 e. The number of hydrogen-bond acceptors (Lipinski definition) is 3. The summed E-state index contributed by atoms with van der Waals surface area (Å²) in [7, 11) is 1.45. The van der Waals surface area contributed by atoms with E-state index in [-0.39, 0.29) is 17.2 Å². The maximum atomic E-state index is 13.3. The summed E-state index contributed by atoms with van der Waals surface area (Å²) in [5.41, 5.74) is -0.625. The third-order valence-electron chi connectivity index (χ3n) is 3.24. The number of methoxy groups -OCH3 is 1. The average molecular weight is 373 g/mol. The van der Waals surface area contributed by atoms with Crippen molar-refractivity contribution in [3.63, 3.8) is 0 Å². The number of hydrogen-bond donors (Lipinski definition) is 1. The van der Waals surface area contributed by atoms with Gasteiger partial charge >= 0.3 is 6.18 Å². The maximum absolute atomic E-state index is 13.3. The topological polar surface area (TPSA) is 38.3 Å². The molecule has 0 atom stereocenters. The molecule has 0 unspecified atom stereocenters. The molecule has 0 aliphatic heterocycles. The Bertz CT molecular complexity index is 750. The van der Waals surface area contributed by atoms with Gasteiger partial charge in [-0.1, -0.05) is 12.1 Å². The van der Waals surface area contributed by atoms with Crippen LogP contribution in [-0.4, -0.2) is 18.8 Å². The fourth-order valence-corrected chi connectivity index (χ4v) is 2.94. The summed E-state index contributed by atoms with van der Waals surface area (Å²) in [4.78, 5) is 11.9. The molecule has 0 heterocycles. The van der Waals surface area contributed by atoms with Crippen LogP contribution in [0.25, 0.3) is 0 Å². The Balaban J connectivity index is 1.95. The third-order valence-corrected chi connectivity index (χ3v) is 4.22. The van der Waals surface area contributed by atoms with Crippen molar-refractivity contribution < 1.29 is 27.1 Å². The highest BCUT2D eigenvalue weighted by Crippen LogP contribution is 2.34. The largest absolute Gasteiger partial charge is 0.496 e. The minimum Gasteiger partial charge on any atom is -0.496 e. The molecule has 0 saturated heterocycles. The molecule has 8 heteroatoms. The number of ether oxygens (including phenoxy) is 1. The van der Waals surface area contributed by atoms with Gasteiger partial charge in [-0.25, -0.2) is 4.39 Å². The summed E-state index contributed by atoms with van der Waals surface area (Å²) in [6.45, 7) is 0. The Kier molecular flexibility index (Phi) is 6.30. The van der Waals surface area contributed by atoms with Crippen molar-refractivity contribution in [3.8, 4) is 5.75 Å². The Morgan fingerprint density at radius 2 is 1.92 bits per heavy atom. The average Bonchev–Trinajstić information content (AvgIpc) is 2.54. The van der Waals surface area contributed by atoms with Gasteiger partial charge in [-0.2, -0.15) is 13.2 Å². The van der Waals surface area contributed by atoms with Crippen LogP contribution in [0.1, 0.15) is 11.1 Å². The van der Waals surface area contributed by atoms with Crippen molar-refractivity contribution in [2.24, 2.45) is 0 Å². The van der Waals surface area contributed by atoms with Gasteiger partial charge < -0.3 is 10.1 Å². The molecule has 3 nitrogen and oxygen atoms in total. The molecule has 0 spiro atoms. The monoisotopic (exact) mass is 373 g/mol. The van der Waals surface area contributed by atoms with Gasteiger partial charge in [-0.05, 0) is 30.3 Å². The van der Waals surface area contributed by atoms with Crippen molar-refractivity contribution in [3.05, 3.63) is 59.4 Å². The summed E-state index contributed by atoms with van der Waals surface area (Å²) in [5, 5.41) is 2.26. The molecule has 0 radical (unpaired) electrons. The molecule has 2 rings (SSSR count). The molecule has 0 aliphatic carbocycles. The van der Waals surface area contributed by atoms with Gasteiger partial charge in [0.2, 0.25) is 5.91 Å². The highest BCUT2D eigenvalue weighted by atomic mass is 32.2. The number of amides is 1. The fourth-order valence-electron chi connectivity index (χ4n) is 2.14. The molecule has 2 aromatic rings. The van der Waals surface area contributed by atoms with E-state index in [1.54, 1.807) is 0 Å². The van der Waals surface area contributed by atoms with Crippen LogP contribution in [0.2, 0.25) is 0 Å². The van der Waals surface area contributed by atoms with E-state index in [2.05, 4.69) is 5.32 Å². The number of benzene rings is 2. The quantitative estimate of drug-likeness (QED) is 0.745. The normalized spacial score (nSPS) is 11.2. The number of alkyl halides is 3. The second-order valence-corrected chi connectivity index (χ2v) is 6.03. The first-order valence-electron chi connectivity index (χ1n) is 7.17. The molecule has 134 valence electrons. The van der Waals surface area contributed by atoms with Gasteiger partial charge in [-0.3, -0.25) is 4.79 Å². The van der Waals surface area contributed by atoms with E-state index in [0.717, 1.165) is 17.8 Å². The third kappa shape index (κ3) is 5.38. The molecular weight excluding hydrogens is 358 g/mol. The molecule has 0 fully saturated rings. The van der Waals surface area contributed by atoms with Crippen molar-refractivity contribution in [2.45, 2.75) is 11.9 Å². The number of thioether (sulfide) groups is 1. The Morgan fingerprint density at radius 1 is 1.20 bits per heavy atom. The van der Waals surface area contributed by atoms with Gasteiger partial charge in [0, 0.05) is 11.3 Å². The lowest BCUT2D eigenvalue weighted by Gasteiger charge is -2.13. The SMILES string of the molecule is COc1ccc(F)cc1CSCC(=O)Nc1ccccc1C(F)(F)F. The summed E-state index contributed by atoms with van der Waals surface area (Å²) in [5.74, 6) is -0.310. The predicted octanol–water partition coefficient (Wildman–Crippen LogP) is 4.73. The minimum atomic E-state index is -4.55. The summed E-state index contributed by atoms with van der Waals surface area (Å²) >= 11 is 1.15. The number of rotatable bonds is 6. The molecule has 2 aromatic carbocycles. The molecule has 0 aliphatic rings. The first-order valence-corrected chi connectivity index (χ1v) is 8.33. The minimum absolute atomic E-state index is 0.0775. The molecule has 0 bridgehead atoms. The first-order chi connectivity index (χ1) is 11.8. The summed E-state index contributed by atoms with van der Waals surface area (Å²) < 4.78 is 57.0. The molecule has 25 heavy (non-hydrogen) atoms. The lowest BCUT2D eigenvalue weighted by Crippen LogP contribution is -2.18. The van der Waals surface area contributed by atoms with E-state index < -0.39 is 23.5 Å². The number of halogens is 4. The van der Waals surface area contributed by atoms with Crippen LogP contribution >= 0.6 is 11.8 Å². The summed E-state index contributed by atoms with van der Waals surface area (Å²) in [6, 6.07) is 8.79. The molecule has 1 N–H and O–H groups in total. The van der Waals surface area contributed by atoms with Gasteiger partial charge in [0.1, 0.15) is 11.6 Å². The molecule has 0 aromatic heterocycles. The zero-order valence-corrected chi connectivity index (χ0v) is 14.0. The predicted molar refractivity (Wildman–Crippen MR) is 89.2 cm³/mol. The van der Waals surface area contributed by atoms with Crippen LogP contribution in [0.3, 0.4) is 0 Å². The van der Waals surface area contributed by atoms with Gasteiger partial charge in [0.15, 0.2) is 0 Å². The second kappa shape index (κ2) is 8.24. The first kappa shape index (κ1) is 19.1. The highest BCUT2D eigenvalue weighted by molar-refractivity contribution is 7.99. The van der Waals surface area contributed by atoms with E-state index in [4.69, 9.17) is 4.74 Å². The van der Waals surface area contributed by atoms with Gasteiger partial charge in [0.25, 0.3) is 0 Å². The van der Waals surface area contributed by atoms with E-state index in [0.29, 0.717) is 11.3 Å². The van der Waals surface area contributed by atoms with Crippen LogP contribution < -0.4 is 10.1 Å². The van der Waals surface area contributed by atoms with Crippen LogP contribution in [0.5, 0.6) is 5.75 Å². The van der Waals surface area contributed by atoms with E-state index in [1.807, 2.05) is 0 Å². The number of carbonyl (C=O) groups excluding carboxylic acids is 1. The lowest BCUT2D eigenvalue weighted by atomic mass is 10.1. The number of carbonyl (C=O) groups is 1. The van der Waals surface area contributed by atoms with Crippen LogP contribution in [0.4, 0.5) is 23.2 Å². The molecular formula is C17H15F4NO2S. The standard InChI is InChI=1S/C17H15F4NO2S/c1-24-15-7-6-12(18)8-11(15)9-25-10-16(23)22-14-5-3-2-4-13(14)17(19,20)21/h2-8H,9-10H2,1H3,(H,22,23). The zero-order chi connectivity index (χ0) is 18.4. The van der Waals surface area contributed by atoms with Gasteiger partial charge in [0.05, 0.1) is 24.1 Å². The van der Waals surface area contributed by atoms with Crippen molar-refractivity contribution in [1.29, 1.82) is 0 Å². The zero-order valence-electron chi connectivity index (χ0n) is 13.2. The number of anilines is 1. The van der Waals surface area contributed by atoms with Gasteiger partial charge in [-0.15, -0.1) is 11.8 Å². The second-order valence-electron chi connectivity index (χ2n) is 5.04. The summed E-state index contributed by atoms with van der Waals surface area (Å²) in [6.07, 6.45) is -4.55. The van der Waals surface area contributed by atoms with Crippen LogP contribution in [0, 0.1) is 5.82 Å². The lowest BCUT2D eigenvalue weighted by molar-refractivity contribution is -0.137. The molecule has 1 amide bonds. The van der Waals surface area contributed by atoms with E-state index in [9.17, 15) is 22.4 Å². The van der Waals surface area contributed by atoms with Crippen molar-refractivity contribution in [2.75, 3.05) is 18.2 Å². The Labute approximate surface area is 146 Å². The fraction of sp³-hybridized carbons (Fsp3) is 0.235.